The second-order valence-electron chi connectivity index (χ2n) is 6.30. The fraction of sp³-hybridized carbons (Fsp3) is 0.471. The van der Waals surface area contributed by atoms with Gasteiger partial charge in [0, 0.05) is 23.0 Å². The van der Waals surface area contributed by atoms with Gasteiger partial charge in [-0.15, -0.1) is 0 Å². The standard InChI is InChI=1S/C17H20N2O2/c1-10-9-21-16-5-2-11(8-13(10)16)17(20)19-15-6-7-18-14-4-3-12(14)15/h2,5,8-9,12,14-15,18H,3-4,6-7H2,1H3,(H,19,20)/t12?,14?,15-/m1/s1. The van der Waals surface area contributed by atoms with Gasteiger partial charge >= 0.3 is 0 Å². The minimum atomic E-state index is 0.0371. The summed E-state index contributed by atoms with van der Waals surface area (Å²) in [7, 11) is 0. The van der Waals surface area contributed by atoms with Crippen molar-refractivity contribution in [2.75, 3.05) is 6.54 Å². The Bertz CT molecular complexity index is 691. The highest BCUT2D eigenvalue weighted by molar-refractivity contribution is 5.98. The van der Waals surface area contributed by atoms with E-state index < -0.39 is 0 Å². The number of rotatable bonds is 2. The molecule has 1 amide bonds. The van der Waals surface area contributed by atoms with E-state index in [4.69, 9.17) is 4.42 Å². The number of fused-ring (bicyclic) bond motifs is 2. The third kappa shape index (κ3) is 2.14. The summed E-state index contributed by atoms with van der Waals surface area (Å²) in [4.78, 5) is 12.5. The Morgan fingerprint density at radius 2 is 2.24 bits per heavy atom. The first-order valence-corrected chi connectivity index (χ1v) is 7.74. The number of aryl methyl sites for hydroxylation is 1. The van der Waals surface area contributed by atoms with Crippen molar-refractivity contribution in [3.8, 4) is 0 Å². The van der Waals surface area contributed by atoms with Crippen LogP contribution in [0.15, 0.2) is 28.9 Å². The molecule has 4 rings (SSSR count). The van der Waals surface area contributed by atoms with E-state index in [-0.39, 0.29) is 5.91 Å². The van der Waals surface area contributed by atoms with E-state index in [9.17, 15) is 4.79 Å². The van der Waals surface area contributed by atoms with Crippen molar-refractivity contribution in [2.24, 2.45) is 5.92 Å². The zero-order chi connectivity index (χ0) is 14.4. The van der Waals surface area contributed by atoms with Gasteiger partial charge in [0.25, 0.3) is 5.91 Å². The quantitative estimate of drug-likeness (QED) is 0.891. The van der Waals surface area contributed by atoms with E-state index in [1.165, 1.54) is 12.8 Å². The van der Waals surface area contributed by atoms with E-state index in [1.54, 1.807) is 6.26 Å². The van der Waals surface area contributed by atoms with E-state index >= 15 is 0 Å². The van der Waals surface area contributed by atoms with Crippen molar-refractivity contribution in [3.05, 3.63) is 35.6 Å². The summed E-state index contributed by atoms with van der Waals surface area (Å²) in [6.45, 7) is 3.01. The molecular formula is C17H20N2O2. The van der Waals surface area contributed by atoms with Crippen LogP contribution < -0.4 is 10.6 Å². The highest BCUT2D eigenvalue weighted by atomic mass is 16.3. The van der Waals surface area contributed by atoms with Gasteiger partial charge in [0.2, 0.25) is 0 Å². The van der Waals surface area contributed by atoms with Crippen molar-refractivity contribution in [1.82, 2.24) is 10.6 Å². The number of carbonyl (C=O) groups is 1. The lowest BCUT2D eigenvalue weighted by molar-refractivity contribution is 0.0798. The van der Waals surface area contributed by atoms with Crippen LogP contribution in [0.4, 0.5) is 0 Å². The molecule has 2 aromatic rings. The lowest BCUT2D eigenvalue weighted by Gasteiger charge is -2.46. The molecule has 110 valence electrons. The fourth-order valence-corrected chi connectivity index (χ4v) is 3.63. The Morgan fingerprint density at radius 1 is 1.33 bits per heavy atom. The third-order valence-corrected chi connectivity index (χ3v) is 5.05. The monoisotopic (exact) mass is 284 g/mol. The summed E-state index contributed by atoms with van der Waals surface area (Å²) in [6, 6.07) is 6.59. The normalized spacial score (nSPS) is 28.0. The molecule has 1 aliphatic carbocycles. The number of hydrogen-bond acceptors (Lipinski definition) is 3. The molecule has 1 saturated carbocycles. The number of piperidine rings is 1. The summed E-state index contributed by atoms with van der Waals surface area (Å²) in [5.41, 5.74) is 2.63. The minimum absolute atomic E-state index is 0.0371. The van der Waals surface area contributed by atoms with Gasteiger partial charge in [-0.05, 0) is 62.4 Å². The predicted molar refractivity (Wildman–Crippen MR) is 81.3 cm³/mol. The maximum Gasteiger partial charge on any atom is 0.251 e. The van der Waals surface area contributed by atoms with Gasteiger partial charge in [-0.1, -0.05) is 0 Å². The van der Waals surface area contributed by atoms with Crippen LogP contribution in [0.5, 0.6) is 0 Å². The van der Waals surface area contributed by atoms with Gasteiger partial charge in [-0.25, -0.2) is 0 Å². The molecule has 2 heterocycles. The Morgan fingerprint density at radius 3 is 3.05 bits per heavy atom. The molecule has 2 N–H and O–H groups in total. The Labute approximate surface area is 123 Å². The fourth-order valence-electron chi connectivity index (χ4n) is 3.63. The van der Waals surface area contributed by atoms with Gasteiger partial charge in [-0.2, -0.15) is 0 Å². The van der Waals surface area contributed by atoms with Gasteiger partial charge < -0.3 is 15.1 Å². The van der Waals surface area contributed by atoms with E-state index in [0.717, 1.165) is 35.1 Å². The first kappa shape index (κ1) is 12.9. The van der Waals surface area contributed by atoms with Crippen LogP contribution in [0.2, 0.25) is 0 Å². The van der Waals surface area contributed by atoms with Crippen molar-refractivity contribution >= 4 is 16.9 Å². The van der Waals surface area contributed by atoms with Crippen molar-refractivity contribution < 1.29 is 9.21 Å². The topological polar surface area (TPSA) is 54.3 Å². The van der Waals surface area contributed by atoms with Gasteiger partial charge in [0.1, 0.15) is 5.58 Å². The van der Waals surface area contributed by atoms with Crippen LogP contribution in [-0.2, 0) is 0 Å². The number of furan rings is 1. The molecule has 4 nitrogen and oxygen atoms in total. The maximum atomic E-state index is 12.5. The third-order valence-electron chi connectivity index (χ3n) is 5.05. The zero-order valence-corrected chi connectivity index (χ0v) is 12.2. The molecule has 1 aromatic heterocycles. The van der Waals surface area contributed by atoms with Crippen LogP contribution in [0.1, 0.15) is 35.2 Å². The van der Waals surface area contributed by atoms with Crippen molar-refractivity contribution in [1.29, 1.82) is 0 Å². The van der Waals surface area contributed by atoms with Crippen LogP contribution in [-0.4, -0.2) is 24.5 Å². The minimum Gasteiger partial charge on any atom is -0.464 e. The molecule has 21 heavy (non-hydrogen) atoms. The Hall–Kier alpha value is -1.81. The highest BCUT2D eigenvalue weighted by Gasteiger charge is 2.40. The first-order chi connectivity index (χ1) is 10.2. The van der Waals surface area contributed by atoms with E-state index in [1.807, 2.05) is 25.1 Å². The maximum absolute atomic E-state index is 12.5. The number of carbonyl (C=O) groups excluding carboxylic acids is 1. The second-order valence-corrected chi connectivity index (χ2v) is 6.30. The molecule has 1 saturated heterocycles. The summed E-state index contributed by atoms with van der Waals surface area (Å²) in [5, 5.41) is 7.78. The summed E-state index contributed by atoms with van der Waals surface area (Å²) in [5.74, 6) is 0.650. The SMILES string of the molecule is Cc1coc2ccc(C(=O)N[C@@H]3CCNC4CCC43)cc12. The molecule has 3 atom stereocenters. The Kier molecular flexibility index (Phi) is 3.00. The average molecular weight is 284 g/mol. The molecule has 1 aliphatic heterocycles. The molecule has 0 spiro atoms. The first-order valence-electron chi connectivity index (χ1n) is 7.74. The lowest BCUT2D eigenvalue weighted by Crippen LogP contribution is -2.59. The van der Waals surface area contributed by atoms with Gasteiger partial charge in [0.05, 0.1) is 6.26 Å². The predicted octanol–water partition coefficient (Wildman–Crippen LogP) is 2.61. The summed E-state index contributed by atoms with van der Waals surface area (Å²) in [6.07, 6.45) is 5.23. The average Bonchev–Trinajstić information content (AvgIpc) is 2.82. The smallest absolute Gasteiger partial charge is 0.251 e. The van der Waals surface area contributed by atoms with Crippen molar-refractivity contribution in [3.63, 3.8) is 0 Å². The van der Waals surface area contributed by atoms with Gasteiger partial charge in [-0.3, -0.25) is 4.79 Å². The molecule has 1 aromatic carbocycles. The van der Waals surface area contributed by atoms with Crippen LogP contribution >= 0.6 is 0 Å². The zero-order valence-electron chi connectivity index (χ0n) is 12.2. The van der Waals surface area contributed by atoms with Crippen LogP contribution in [0.25, 0.3) is 11.0 Å². The lowest BCUT2D eigenvalue weighted by atomic mass is 9.71. The number of nitrogens with one attached hydrogen (secondary N) is 2. The summed E-state index contributed by atoms with van der Waals surface area (Å²) >= 11 is 0. The number of benzene rings is 1. The second kappa shape index (κ2) is 4.88. The molecule has 2 unspecified atom stereocenters. The molecule has 0 radical (unpaired) electrons. The number of hydrogen-bond donors (Lipinski definition) is 2. The molecule has 4 heteroatoms. The largest absolute Gasteiger partial charge is 0.464 e. The molecular weight excluding hydrogens is 264 g/mol. The van der Waals surface area contributed by atoms with Gasteiger partial charge in [0.15, 0.2) is 0 Å². The number of amides is 1. The highest BCUT2D eigenvalue weighted by Crippen LogP contribution is 2.34. The Balaban J connectivity index is 1.54. The molecule has 0 bridgehead atoms. The molecule has 2 fully saturated rings. The summed E-state index contributed by atoms with van der Waals surface area (Å²) < 4.78 is 5.43. The van der Waals surface area contributed by atoms with E-state index in [2.05, 4.69) is 10.6 Å². The van der Waals surface area contributed by atoms with Crippen LogP contribution in [0.3, 0.4) is 0 Å². The van der Waals surface area contributed by atoms with E-state index in [0.29, 0.717) is 18.0 Å². The molecule has 2 aliphatic rings. The van der Waals surface area contributed by atoms with Crippen molar-refractivity contribution in [2.45, 2.75) is 38.3 Å². The van der Waals surface area contributed by atoms with Crippen LogP contribution in [0, 0.1) is 12.8 Å².